The number of anilines is 2. The number of benzene rings is 1. The lowest BCUT2D eigenvalue weighted by atomic mass is 10.2. The minimum atomic E-state index is 0.435. The molecule has 0 aliphatic heterocycles. The van der Waals surface area contributed by atoms with E-state index in [1.54, 1.807) is 12.1 Å². The van der Waals surface area contributed by atoms with Crippen molar-refractivity contribution in [3.05, 3.63) is 22.2 Å². The zero-order valence-electron chi connectivity index (χ0n) is 9.00. The summed E-state index contributed by atoms with van der Waals surface area (Å²) in [5.41, 5.74) is 6.91. The van der Waals surface area contributed by atoms with Crippen LogP contribution in [-0.2, 0) is 0 Å². The predicted molar refractivity (Wildman–Crippen MR) is 69.0 cm³/mol. The van der Waals surface area contributed by atoms with E-state index in [2.05, 4.69) is 6.07 Å². The molecule has 16 heavy (non-hydrogen) atoms. The molecule has 0 saturated carbocycles. The summed E-state index contributed by atoms with van der Waals surface area (Å²) in [7, 11) is 0. The van der Waals surface area contributed by atoms with Crippen LogP contribution in [0.15, 0.2) is 12.1 Å². The van der Waals surface area contributed by atoms with Crippen LogP contribution in [0.5, 0.6) is 0 Å². The van der Waals surface area contributed by atoms with Gasteiger partial charge >= 0.3 is 0 Å². The molecule has 0 aromatic heterocycles. The van der Waals surface area contributed by atoms with Gasteiger partial charge in [0, 0.05) is 18.8 Å². The predicted octanol–water partition coefficient (Wildman–Crippen LogP) is 3.32. The quantitative estimate of drug-likeness (QED) is 0.843. The molecule has 0 aliphatic carbocycles. The Hall–Kier alpha value is -1.11. The molecular weight excluding hydrogens is 245 g/mol. The van der Waals surface area contributed by atoms with E-state index in [-0.39, 0.29) is 0 Å². The molecule has 0 saturated heterocycles. The van der Waals surface area contributed by atoms with Crippen molar-refractivity contribution in [1.29, 1.82) is 5.26 Å². The fourth-order valence-electron chi connectivity index (χ4n) is 1.50. The van der Waals surface area contributed by atoms with Gasteiger partial charge in [-0.05, 0) is 19.1 Å². The molecule has 5 heteroatoms. The van der Waals surface area contributed by atoms with Crippen molar-refractivity contribution in [1.82, 2.24) is 0 Å². The zero-order valence-corrected chi connectivity index (χ0v) is 10.5. The minimum absolute atomic E-state index is 0.435. The largest absolute Gasteiger partial charge is 0.399 e. The van der Waals surface area contributed by atoms with Gasteiger partial charge in [0.15, 0.2) is 0 Å². The van der Waals surface area contributed by atoms with Crippen LogP contribution in [0.1, 0.15) is 13.3 Å². The Morgan fingerprint density at radius 1 is 1.38 bits per heavy atom. The molecule has 0 unspecified atom stereocenters. The first-order chi connectivity index (χ1) is 7.60. The number of hydrogen-bond acceptors (Lipinski definition) is 3. The minimum Gasteiger partial charge on any atom is -0.399 e. The Balaban J connectivity index is 3.05. The molecule has 0 fully saturated rings. The highest BCUT2D eigenvalue weighted by atomic mass is 35.5. The Morgan fingerprint density at radius 3 is 2.38 bits per heavy atom. The fourth-order valence-corrected chi connectivity index (χ4v) is 2.24. The second-order valence-corrected chi connectivity index (χ2v) is 4.14. The number of rotatable bonds is 4. The van der Waals surface area contributed by atoms with E-state index in [0.717, 1.165) is 12.2 Å². The molecule has 3 nitrogen and oxygen atoms in total. The van der Waals surface area contributed by atoms with E-state index in [1.807, 2.05) is 11.8 Å². The molecule has 0 spiro atoms. The lowest BCUT2D eigenvalue weighted by Gasteiger charge is -2.24. The van der Waals surface area contributed by atoms with Gasteiger partial charge in [0.25, 0.3) is 0 Å². The van der Waals surface area contributed by atoms with Crippen LogP contribution in [0, 0.1) is 11.3 Å². The Labute approximate surface area is 105 Å². The van der Waals surface area contributed by atoms with E-state index < -0.39 is 0 Å². The molecule has 0 heterocycles. The number of nitrogens with zero attached hydrogens (tertiary/aromatic N) is 2. The highest BCUT2D eigenvalue weighted by Crippen LogP contribution is 2.35. The van der Waals surface area contributed by atoms with Crippen molar-refractivity contribution in [2.75, 3.05) is 23.7 Å². The molecule has 0 atom stereocenters. The molecule has 0 bridgehead atoms. The third-order valence-electron chi connectivity index (χ3n) is 2.23. The van der Waals surface area contributed by atoms with Crippen LogP contribution in [0.3, 0.4) is 0 Å². The standard InChI is InChI=1S/C11H13Cl2N3/c1-2-16(5-3-4-14)11-9(12)6-8(15)7-10(11)13/h6-7H,2-3,5,15H2,1H3. The number of nitriles is 1. The SMILES string of the molecule is CCN(CCC#N)c1c(Cl)cc(N)cc1Cl. The van der Waals surface area contributed by atoms with Gasteiger partial charge in [-0.15, -0.1) is 0 Å². The Kier molecular flexibility index (Phi) is 4.72. The summed E-state index contributed by atoms with van der Waals surface area (Å²) >= 11 is 12.2. The first-order valence-electron chi connectivity index (χ1n) is 4.96. The van der Waals surface area contributed by atoms with Crippen molar-refractivity contribution in [2.45, 2.75) is 13.3 Å². The van der Waals surface area contributed by atoms with Crippen LogP contribution < -0.4 is 10.6 Å². The van der Waals surface area contributed by atoms with Gasteiger partial charge in [0.2, 0.25) is 0 Å². The van der Waals surface area contributed by atoms with Crippen LogP contribution in [-0.4, -0.2) is 13.1 Å². The van der Waals surface area contributed by atoms with E-state index in [4.69, 9.17) is 34.2 Å². The highest BCUT2D eigenvalue weighted by Gasteiger charge is 2.13. The highest BCUT2D eigenvalue weighted by molar-refractivity contribution is 6.39. The van der Waals surface area contributed by atoms with E-state index >= 15 is 0 Å². The van der Waals surface area contributed by atoms with Gasteiger partial charge in [-0.2, -0.15) is 5.26 Å². The van der Waals surface area contributed by atoms with Crippen LogP contribution in [0.25, 0.3) is 0 Å². The number of nitrogen functional groups attached to an aromatic ring is 1. The summed E-state index contributed by atoms with van der Waals surface area (Å²) in [5, 5.41) is 9.61. The van der Waals surface area contributed by atoms with Gasteiger partial charge in [0.1, 0.15) is 0 Å². The van der Waals surface area contributed by atoms with Gasteiger partial charge < -0.3 is 10.6 Å². The lowest BCUT2D eigenvalue weighted by Crippen LogP contribution is -2.24. The molecule has 1 aromatic carbocycles. The summed E-state index contributed by atoms with van der Waals surface area (Å²) in [6.45, 7) is 3.34. The zero-order chi connectivity index (χ0) is 12.1. The third-order valence-corrected chi connectivity index (χ3v) is 2.81. The maximum Gasteiger partial charge on any atom is 0.0746 e. The molecule has 0 aliphatic rings. The molecular formula is C11H13Cl2N3. The smallest absolute Gasteiger partial charge is 0.0746 e. The van der Waals surface area contributed by atoms with Gasteiger partial charge in [0.05, 0.1) is 28.2 Å². The average molecular weight is 258 g/mol. The number of halogens is 2. The molecule has 0 radical (unpaired) electrons. The van der Waals surface area contributed by atoms with E-state index in [9.17, 15) is 0 Å². The number of nitrogens with two attached hydrogens (primary N) is 1. The van der Waals surface area contributed by atoms with Gasteiger partial charge in [-0.25, -0.2) is 0 Å². The van der Waals surface area contributed by atoms with Crippen LogP contribution in [0.4, 0.5) is 11.4 Å². The summed E-state index contributed by atoms with van der Waals surface area (Å²) < 4.78 is 0. The van der Waals surface area contributed by atoms with Crippen molar-refractivity contribution < 1.29 is 0 Å². The van der Waals surface area contributed by atoms with E-state index in [0.29, 0.717) is 28.7 Å². The Morgan fingerprint density at radius 2 is 1.94 bits per heavy atom. The summed E-state index contributed by atoms with van der Waals surface area (Å²) in [6.07, 6.45) is 0.435. The molecule has 1 rings (SSSR count). The van der Waals surface area contributed by atoms with Crippen molar-refractivity contribution in [3.8, 4) is 6.07 Å². The Bertz CT molecular complexity index is 389. The molecule has 86 valence electrons. The first-order valence-corrected chi connectivity index (χ1v) is 5.72. The average Bonchev–Trinajstić information content (AvgIpc) is 2.21. The van der Waals surface area contributed by atoms with Crippen molar-refractivity contribution in [2.24, 2.45) is 0 Å². The summed E-state index contributed by atoms with van der Waals surface area (Å²) in [4.78, 5) is 1.97. The lowest BCUT2D eigenvalue weighted by molar-refractivity contribution is 0.827. The first kappa shape index (κ1) is 13.0. The van der Waals surface area contributed by atoms with E-state index in [1.165, 1.54) is 0 Å². The van der Waals surface area contributed by atoms with Gasteiger partial charge in [-0.1, -0.05) is 23.2 Å². The third kappa shape index (κ3) is 2.94. The molecule has 1 aromatic rings. The maximum absolute atomic E-state index is 8.58. The second kappa shape index (κ2) is 5.83. The number of hydrogen-bond donors (Lipinski definition) is 1. The molecule has 2 N–H and O–H groups in total. The monoisotopic (exact) mass is 257 g/mol. The van der Waals surface area contributed by atoms with Gasteiger partial charge in [-0.3, -0.25) is 0 Å². The summed E-state index contributed by atoms with van der Waals surface area (Å²) in [6, 6.07) is 5.43. The van der Waals surface area contributed by atoms with Crippen molar-refractivity contribution >= 4 is 34.6 Å². The fraction of sp³-hybridized carbons (Fsp3) is 0.364. The van der Waals surface area contributed by atoms with Crippen LogP contribution >= 0.6 is 23.2 Å². The van der Waals surface area contributed by atoms with Crippen molar-refractivity contribution in [3.63, 3.8) is 0 Å². The maximum atomic E-state index is 8.58. The topological polar surface area (TPSA) is 53.0 Å². The molecule has 0 amide bonds. The second-order valence-electron chi connectivity index (χ2n) is 3.32. The normalized spacial score (nSPS) is 9.88. The summed E-state index contributed by atoms with van der Waals surface area (Å²) in [5.74, 6) is 0. The van der Waals surface area contributed by atoms with Crippen LogP contribution in [0.2, 0.25) is 10.0 Å².